The largest absolute Gasteiger partial charge is 0.381 e. The van der Waals surface area contributed by atoms with Gasteiger partial charge in [0.05, 0.1) is 6.61 Å². The van der Waals surface area contributed by atoms with Gasteiger partial charge in [-0.3, -0.25) is 4.79 Å². The van der Waals surface area contributed by atoms with Gasteiger partial charge in [-0.15, -0.1) is 0 Å². The van der Waals surface area contributed by atoms with E-state index < -0.39 is 0 Å². The van der Waals surface area contributed by atoms with Crippen molar-refractivity contribution in [2.75, 3.05) is 19.8 Å². The molecule has 0 bridgehead atoms. The molecule has 0 radical (unpaired) electrons. The van der Waals surface area contributed by atoms with Crippen LogP contribution in [0, 0.1) is 0 Å². The van der Waals surface area contributed by atoms with Crippen molar-refractivity contribution >= 4 is 5.91 Å². The monoisotopic (exact) mass is 188 g/mol. The molecule has 1 amide bonds. The average Bonchev–Trinajstić information content (AvgIpc) is 2.02. The maximum Gasteiger partial charge on any atom is 0.222 e. The van der Waals surface area contributed by atoms with Crippen molar-refractivity contribution in [2.45, 2.75) is 32.7 Å². The van der Waals surface area contributed by atoms with E-state index in [1.54, 1.807) is 0 Å². The SMILES string of the molecule is CC(C)NC(=O)CCOCCCN. The van der Waals surface area contributed by atoms with Gasteiger partial charge >= 0.3 is 0 Å². The van der Waals surface area contributed by atoms with Gasteiger partial charge in [-0.05, 0) is 26.8 Å². The van der Waals surface area contributed by atoms with Crippen LogP contribution in [0.2, 0.25) is 0 Å². The normalized spacial score (nSPS) is 10.5. The van der Waals surface area contributed by atoms with E-state index in [4.69, 9.17) is 10.5 Å². The van der Waals surface area contributed by atoms with Gasteiger partial charge in [0.2, 0.25) is 5.91 Å². The lowest BCUT2D eigenvalue weighted by Crippen LogP contribution is -2.30. The molecule has 0 saturated heterocycles. The van der Waals surface area contributed by atoms with Crippen LogP contribution in [0.3, 0.4) is 0 Å². The number of rotatable bonds is 7. The summed E-state index contributed by atoms with van der Waals surface area (Å²) in [4.78, 5) is 11.1. The smallest absolute Gasteiger partial charge is 0.222 e. The third-order valence-corrected chi connectivity index (χ3v) is 1.42. The molecule has 4 nitrogen and oxygen atoms in total. The lowest BCUT2D eigenvalue weighted by molar-refractivity contribution is -0.122. The Hall–Kier alpha value is -0.610. The summed E-state index contributed by atoms with van der Waals surface area (Å²) in [5.41, 5.74) is 5.28. The van der Waals surface area contributed by atoms with E-state index in [0.29, 0.717) is 26.2 Å². The summed E-state index contributed by atoms with van der Waals surface area (Å²) < 4.78 is 5.19. The lowest BCUT2D eigenvalue weighted by atomic mass is 10.3. The molecule has 0 aliphatic carbocycles. The minimum atomic E-state index is 0.0442. The molecule has 0 unspecified atom stereocenters. The third kappa shape index (κ3) is 9.30. The Labute approximate surface area is 79.8 Å². The van der Waals surface area contributed by atoms with E-state index in [9.17, 15) is 4.79 Å². The zero-order valence-electron chi connectivity index (χ0n) is 8.51. The maximum absolute atomic E-state index is 11.1. The molecule has 0 heterocycles. The minimum absolute atomic E-state index is 0.0442. The van der Waals surface area contributed by atoms with Crippen LogP contribution in [-0.2, 0) is 9.53 Å². The predicted molar refractivity (Wildman–Crippen MR) is 52.4 cm³/mol. The molecule has 0 aliphatic heterocycles. The zero-order valence-corrected chi connectivity index (χ0v) is 8.51. The second-order valence-electron chi connectivity index (χ2n) is 3.23. The van der Waals surface area contributed by atoms with Gasteiger partial charge in [0.1, 0.15) is 0 Å². The summed E-state index contributed by atoms with van der Waals surface area (Å²) in [6.07, 6.45) is 1.29. The molecule has 0 aromatic heterocycles. The summed E-state index contributed by atoms with van der Waals surface area (Å²) in [5.74, 6) is 0.0442. The van der Waals surface area contributed by atoms with Gasteiger partial charge in [-0.2, -0.15) is 0 Å². The number of ether oxygens (including phenoxy) is 1. The first-order chi connectivity index (χ1) is 6.16. The number of nitrogens with one attached hydrogen (secondary N) is 1. The van der Waals surface area contributed by atoms with E-state index in [2.05, 4.69) is 5.32 Å². The zero-order chi connectivity index (χ0) is 10.1. The van der Waals surface area contributed by atoms with Crippen LogP contribution in [0.5, 0.6) is 0 Å². The van der Waals surface area contributed by atoms with E-state index in [-0.39, 0.29) is 11.9 Å². The van der Waals surface area contributed by atoms with E-state index >= 15 is 0 Å². The fraction of sp³-hybridized carbons (Fsp3) is 0.889. The van der Waals surface area contributed by atoms with Crippen LogP contribution < -0.4 is 11.1 Å². The van der Waals surface area contributed by atoms with Crippen LogP contribution in [0.25, 0.3) is 0 Å². The standard InChI is InChI=1S/C9H20N2O2/c1-8(2)11-9(12)4-7-13-6-3-5-10/h8H,3-7,10H2,1-2H3,(H,11,12). The Kier molecular flexibility index (Phi) is 7.63. The summed E-state index contributed by atoms with van der Waals surface area (Å²) in [6, 6.07) is 0.205. The minimum Gasteiger partial charge on any atom is -0.381 e. The van der Waals surface area contributed by atoms with E-state index in [1.165, 1.54) is 0 Å². The number of carbonyl (C=O) groups is 1. The first-order valence-corrected chi connectivity index (χ1v) is 4.74. The Bertz CT molecular complexity index is 138. The molecular formula is C9H20N2O2. The maximum atomic E-state index is 11.1. The molecular weight excluding hydrogens is 168 g/mol. The Morgan fingerprint density at radius 2 is 2.15 bits per heavy atom. The highest BCUT2D eigenvalue weighted by atomic mass is 16.5. The fourth-order valence-electron chi connectivity index (χ4n) is 0.846. The van der Waals surface area contributed by atoms with Crippen LogP contribution in [-0.4, -0.2) is 31.7 Å². The fourth-order valence-corrected chi connectivity index (χ4v) is 0.846. The molecule has 0 saturated carbocycles. The van der Waals surface area contributed by atoms with Crippen LogP contribution in [0.15, 0.2) is 0 Å². The molecule has 0 rings (SSSR count). The van der Waals surface area contributed by atoms with E-state index in [1.807, 2.05) is 13.8 Å². The van der Waals surface area contributed by atoms with Gasteiger partial charge in [-0.25, -0.2) is 0 Å². The molecule has 0 fully saturated rings. The second kappa shape index (κ2) is 8.01. The molecule has 3 N–H and O–H groups in total. The Balaban J connectivity index is 3.17. The summed E-state index contributed by atoms with van der Waals surface area (Å²) in [7, 11) is 0. The number of amides is 1. The van der Waals surface area contributed by atoms with Crippen molar-refractivity contribution in [3.63, 3.8) is 0 Å². The molecule has 78 valence electrons. The molecule has 0 aliphatic rings. The van der Waals surface area contributed by atoms with Crippen molar-refractivity contribution in [3.8, 4) is 0 Å². The molecule has 0 aromatic carbocycles. The van der Waals surface area contributed by atoms with Crippen molar-refractivity contribution in [1.82, 2.24) is 5.32 Å². The Morgan fingerprint density at radius 3 is 2.69 bits per heavy atom. The lowest BCUT2D eigenvalue weighted by Gasteiger charge is -2.08. The average molecular weight is 188 g/mol. The van der Waals surface area contributed by atoms with Gasteiger partial charge < -0.3 is 15.8 Å². The molecule has 13 heavy (non-hydrogen) atoms. The van der Waals surface area contributed by atoms with E-state index in [0.717, 1.165) is 6.42 Å². The first kappa shape index (κ1) is 12.4. The highest BCUT2D eigenvalue weighted by Gasteiger charge is 2.01. The van der Waals surface area contributed by atoms with Crippen molar-refractivity contribution in [3.05, 3.63) is 0 Å². The number of hydrogen-bond acceptors (Lipinski definition) is 3. The molecule has 0 spiro atoms. The Morgan fingerprint density at radius 1 is 1.46 bits per heavy atom. The highest BCUT2D eigenvalue weighted by Crippen LogP contribution is 1.87. The van der Waals surface area contributed by atoms with Crippen molar-refractivity contribution in [1.29, 1.82) is 0 Å². The van der Waals surface area contributed by atoms with Crippen LogP contribution in [0.1, 0.15) is 26.7 Å². The van der Waals surface area contributed by atoms with Crippen LogP contribution >= 0.6 is 0 Å². The predicted octanol–water partition coefficient (Wildman–Crippen LogP) is 0.267. The van der Waals surface area contributed by atoms with Crippen LogP contribution in [0.4, 0.5) is 0 Å². The van der Waals surface area contributed by atoms with Gasteiger partial charge in [0, 0.05) is 19.1 Å². The van der Waals surface area contributed by atoms with Gasteiger partial charge in [-0.1, -0.05) is 0 Å². The number of hydrogen-bond donors (Lipinski definition) is 2. The molecule has 0 aromatic rings. The topological polar surface area (TPSA) is 64.3 Å². The first-order valence-electron chi connectivity index (χ1n) is 4.74. The molecule has 4 heteroatoms. The van der Waals surface area contributed by atoms with Crippen molar-refractivity contribution in [2.24, 2.45) is 5.73 Å². The summed E-state index contributed by atoms with van der Waals surface area (Å²) in [5, 5.41) is 2.79. The number of carbonyl (C=O) groups excluding carboxylic acids is 1. The quantitative estimate of drug-likeness (QED) is 0.563. The number of nitrogens with two attached hydrogens (primary N) is 1. The second-order valence-corrected chi connectivity index (χ2v) is 3.23. The van der Waals surface area contributed by atoms with Gasteiger partial charge in [0.15, 0.2) is 0 Å². The van der Waals surface area contributed by atoms with Gasteiger partial charge in [0.25, 0.3) is 0 Å². The third-order valence-electron chi connectivity index (χ3n) is 1.42. The van der Waals surface area contributed by atoms with Crippen molar-refractivity contribution < 1.29 is 9.53 Å². The highest BCUT2D eigenvalue weighted by molar-refractivity contribution is 5.76. The molecule has 0 atom stereocenters. The summed E-state index contributed by atoms with van der Waals surface area (Å²) in [6.45, 7) is 5.64. The summed E-state index contributed by atoms with van der Waals surface area (Å²) >= 11 is 0.